The first-order valence-electron chi connectivity index (χ1n) is 8.42. The van der Waals surface area contributed by atoms with Crippen LogP contribution in [0.4, 0.5) is 0 Å². The van der Waals surface area contributed by atoms with Gasteiger partial charge in [-0.3, -0.25) is 4.79 Å². The van der Waals surface area contributed by atoms with Gasteiger partial charge in [-0.05, 0) is 30.9 Å². The number of para-hydroxylation sites is 1. The zero-order valence-corrected chi connectivity index (χ0v) is 13.8. The molecule has 0 unspecified atom stereocenters. The van der Waals surface area contributed by atoms with Gasteiger partial charge in [0.25, 0.3) is 0 Å². The fourth-order valence-corrected chi connectivity index (χ4v) is 3.63. The van der Waals surface area contributed by atoms with Crippen LogP contribution >= 0.6 is 0 Å². The van der Waals surface area contributed by atoms with Gasteiger partial charge in [0.1, 0.15) is 6.33 Å². The molecule has 1 atom stereocenters. The maximum absolute atomic E-state index is 13.0. The van der Waals surface area contributed by atoms with Gasteiger partial charge in [-0.2, -0.15) is 0 Å². The standard InChI is InChI=1S/C18H21N5O/c1-22-12-20-21-18(22)16-8-4-5-9-23(16)17(24)10-13-11-19-15-7-3-2-6-14(13)15/h2-3,6-7,11-12,16,19H,4-5,8-10H2,1H3/t16-/m1/s1. The van der Waals surface area contributed by atoms with Crippen LogP contribution in [0.25, 0.3) is 10.9 Å². The average molecular weight is 323 g/mol. The lowest BCUT2D eigenvalue weighted by Gasteiger charge is -2.35. The molecule has 3 heterocycles. The van der Waals surface area contributed by atoms with Crippen LogP contribution < -0.4 is 0 Å². The fourth-order valence-electron chi connectivity index (χ4n) is 3.63. The molecule has 1 N–H and O–H groups in total. The lowest BCUT2D eigenvalue weighted by atomic mass is 10.00. The van der Waals surface area contributed by atoms with Crippen LogP contribution in [0.5, 0.6) is 0 Å². The van der Waals surface area contributed by atoms with Gasteiger partial charge in [0.2, 0.25) is 5.91 Å². The van der Waals surface area contributed by atoms with E-state index in [-0.39, 0.29) is 11.9 Å². The topological polar surface area (TPSA) is 66.8 Å². The first-order valence-corrected chi connectivity index (χ1v) is 8.42. The predicted molar refractivity (Wildman–Crippen MR) is 91.3 cm³/mol. The van der Waals surface area contributed by atoms with Crippen LogP contribution in [0.1, 0.15) is 36.7 Å². The van der Waals surface area contributed by atoms with E-state index in [9.17, 15) is 4.79 Å². The Morgan fingerprint density at radius 1 is 1.33 bits per heavy atom. The number of aromatic nitrogens is 4. The zero-order chi connectivity index (χ0) is 16.5. The van der Waals surface area contributed by atoms with E-state index in [1.54, 1.807) is 6.33 Å². The molecule has 3 aromatic rings. The molecule has 24 heavy (non-hydrogen) atoms. The summed E-state index contributed by atoms with van der Waals surface area (Å²) in [4.78, 5) is 18.2. The molecule has 1 aliphatic rings. The third kappa shape index (κ3) is 2.58. The fraction of sp³-hybridized carbons (Fsp3) is 0.389. The molecule has 0 saturated carbocycles. The lowest BCUT2D eigenvalue weighted by Crippen LogP contribution is -2.40. The average Bonchev–Trinajstić information content (AvgIpc) is 3.21. The summed E-state index contributed by atoms with van der Waals surface area (Å²) in [5.74, 6) is 1.04. The Labute approximate surface area is 140 Å². The summed E-state index contributed by atoms with van der Waals surface area (Å²) in [6.07, 6.45) is 7.18. The predicted octanol–water partition coefficient (Wildman–Crippen LogP) is 2.59. The Bertz CT molecular complexity index is 865. The van der Waals surface area contributed by atoms with Gasteiger partial charge in [0, 0.05) is 30.7 Å². The Hall–Kier alpha value is -2.63. The van der Waals surface area contributed by atoms with E-state index in [4.69, 9.17) is 0 Å². The Morgan fingerprint density at radius 3 is 3.04 bits per heavy atom. The second-order valence-corrected chi connectivity index (χ2v) is 6.44. The number of aromatic amines is 1. The van der Waals surface area contributed by atoms with Crippen molar-refractivity contribution in [1.29, 1.82) is 0 Å². The van der Waals surface area contributed by atoms with Gasteiger partial charge in [-0.15, -0.1) is 10.2 Å². The van der Waals surface area contributed by atoms with E-state index in [1.807, 2.05) is 40.9 Å². The largest absolute Gasteiger partial charge is 0.361 e. The Balaban J connectivity index is 1.59. The highest BCUT2D eigenvalue weighted by atomic mass is 16.2. The van der Waals surface area contributed by atoms with E-state index in [1.165, 1.54) is 0 Å². The molecule has 4 rings (SSSR count). The number of nitrogens with zero attached hydrogens (tertiary/aromatic N) is 4. The molecule has 124 valence electrons. The second kappa shape index (κ2) is 6.11. The molecule has 0 aliphatic carbocycles. The first kappa shape index (κ1) is 14.9. The molecule has 6 heteroatoms. The number of amides is 1. The number of benzene rings is 1. The van der Waals surface area contributed by atoms with E-state index in [0.717, 1.165) is 48.1 Å². The highest BCUT2D eigenvalue weighted by molar-refractivity contribution is 5.89. The SMILES string of the molecule is Cn1cnnc1[C@H]1CCCCN1C(=O)Cc1c[nH]c2ccccc12. The summed E-state index contributed by atoms with van der Waals surface area (Å²) in [5.41, 5.74) is 2.13. The molecule has 1 amide bonds. The Morgan fingerprint density at radius 2 is 2.21 bits per heavy atom. The van der Waals surface area contributed by atoms with Gasteiger partial charge in [-0.25, -0.2) is 0 Å². The van der Waals surface area contributed by atoms with E-state index < -0.39 is 0 Å². The summed E-state index contributed by atoms with van der Waals surface area (Å²) < 4.78 is 1.92. The van der Waals surface area contributed by atoms with Crippen molar-refractivity contribution >= 4 is 16.8 Å². The summed E-state index contributed by atoms with van der Waals surface area (Å²) in [6, 6.07) is 8.13. The van der Waals surface area contributed by atoms with Crippen molar-refractivity contribution in [3.63, 3.8) is 0 Å². The number of carbonyl (C=O) groups excluding carboxylic acids is 1. The minimum absolute atomic E-state index is 0.0314. The number of hydrogen-bond donors (Lipinski definition) is 1. The molecule has 0 spiro atoms. The summed E-state index contributed by atoms with van der Waals surface area (Å²) in [6.45, 7) is 0.790. The second-order valence-electron chi connectivity index (χ2n) is 6.44. The number of likely N-dealkylation sites (tertiary alicyclic amines) is 1. The number of rotatable bonds is 3. The summed E-state index contributed by atoms with van der Waals surface area (Å²) >= 11 is 0. The zero-order valence-electron chi connectivity index (χ0n) is 13.8. The summed E-state index contributed by atoms with van der Waals surface area (Å²) in [5, 5.41) is 9.33. The molecule has 1 saturated heterocycles. The summed E-state index contributed by atoms with van der Waals surface area (Å²) in [7, 11) is 1.94. The number of carbonyl (C=O) groups is 1. The molecule has 0 bridgehead atoms. The van der Waals surface area contributed by atoms with Crippen LogP contribution in [-0.2, 0) is 18.3 Å². The van der Waals surface area contributed by atoms with Crippen molar-refractivity contribution in [2.24, 2.45) is 7.05 Å². The Kier molecular flexibility index (Phi) is 3.80. The molecule has 6 nitrogen and oxygen atoms in total. The number of piperidine rings is 1. The van der Waals surface area contributed by atoms with Gasteiger partial charge in [-0.1, -0.05) is 18.2 Å². The highest BCUT2D eigenvalue weighted by Crippen LogP contribution is 2.30. The van der Waals surface area contributed by atoms with Gasteiger partial charge < -0.3 is 14.5 Å². The van der Waals surface area contributed by atoms with Crippen LogP contribution in [-0.4, -0.2) is 37.1 Å². The van der Waals surface area contributed by atoms with Gasteiger partial charge >= 0.3 is 0 Å². The molecular weight excluding hydrogens is 302 g/mol. The number of hydrogen-bond acceptors (Lipinski definition) is 3. The third-order valence-electron chi connectivity index (χ3n) is 4.88. The monoisotopic (exact) mass is 323 g/mol. The lowest BCUT2D eigenvalue weighted by molar-refractivity contribution is -0.134. The van der Waals surface area contributed by atoms with Crippen LogP contribution in [0.3, 0.4) is 0 Å². The van der Waals surface area contributed by atoms with Crippen molar-refractivity contribution in [1.82, 2.24) is 24.6 Å². The molecule has 1 aromatic carbocycles. The first-order chi connectivity index (χ1) is 11.7. The van der Waals surface area contributed by atoms with Crippen molar-refractivity contribution in [3.8, 4) is 0 Å². The molecular formula is C18H21N5O. The van der Waals surface area contributed by atoms with Crippen LogP contribution in [0.15, 0.2) is 36.8 Å². The molecule has 0 radical (unpaired) electrons. The van der Waals surface area contributed by atoms with Gasteiger partial charge in [0.15, 0.2) is 5.82 Å². The van der Waals surface area contributed by atoms with E-state index in [0.29, 0.717) is 6.42 Å². The highest BCUT2D eigenvalue weighted by Gasteiger charge is 2.31. The third-order valence-corrected chi connectivity index (χ3v) is 4.88. The maximum Gasteiger partial charge on any atom is 0.227 e. The molecule has 2 aromatic heterocycles. The quantitative estimate of drug-likeness (QED) is 0.805. The van der Waals surface area contributed by atoms with Crippen LogP contribution in [0.2, 0.25) is 0 Å². The van der Waals surface area contributed by atoms with Crippen molar-refractivity contribution < 1.29 is 4.79 Å². The van der Waals surface area contributed by atoms with E-state index in [2.05, 4.69) is 21.2 Å². The van der Waals surface area contributed by atoms with Crippen molar-refractivity contribution in [2.75, 3.05) is 6.54 Å². The van der Waals surface area contributed by atoms with E-state index >= 15 is 0 Å². The molecule has 1 aliphatic heterocycles. The van der Waals surface area contributed by atoms with Crippen molar-refractivity contribution in [2.45, 2.75) is 31.7 Å². The number of fused-ring (bicyclic) bond motifs is 1. The number of nitrogens with one attached hydrogen (secondary N) is 1. The molecule has 1 fully saturated rings. The number of H-pyrrole nitrogens is 1. The minimum Gasteiger partial charge on any atom is -0.361 e. The smallest absolute Gasteiger partial charge is 0.227 e. The van der Waals surface area contributed by atoms with Gasteiger partial charge in [0.05, 0.1) is 12.5 Å². The maximum atomic E-state index is 13.0. The van der Waals surface area contributed by atoms with Crippen molar-refractivity contribution in [3.05, 3.63) is 48.2 Å². The number of aryl methyl sites for hydroxylation is 1. The van der Waals surface area contributed by atoms with Crippen LogP contribution in [0, 0.1) is 0 Å². The minimum atomic E-state index is 0.0314. The normalized spacial score (nSPS) is 18.2.